The molecule has 0 bridgehead atoms. The second-order valence-corrected chi connectivity index (χ2v) is 15.2. The van der Waals surface area contributed by atoms with E-state index in [9.17, 15) is 0 Å². The topological polar surface area (TPSA) is 36.9 Å². The Kier molecular flexibility index (Phi) is 22.4. The van der Waals surface area contributed by atoms with E-state index >= 15 is 0 Å². The maximum Gasteiger partial charge on any atom is 0.140 e. The Morgan fingerprint density at radius 3 is 0.959 bits per heavy atom. The lowest BCUT2D eigenvalue weighted by atomic mass is 10.1. The van der Waals surface area contributed by atoms with Gasteiger partial charge in [-0.15, -0.1) is 11.3 Å². The number of hydrogen-bond donors (Lipinski definition) is 0. The van der Waals surface area contributed by atoms with Gasteiger partial charge in [0.05, 0.1) is 35.8 Å². The predicted molar refractivity (Wildman–Crippen MR) is 215 cm³/mol. The maximum atomic E-state index is 6.56. The summed E-state index contributed by atoms with van der Waals surface area (Å²) < 4.78 is 28.3. The van der Waals surface area contributed by atoms with E-state index in [1.807, 2.05) is 0 Å². The molecule has 1 heterocycles. The van der Waals surface area contributed by atoms with Crippen molar-refractivity contribution in [3.05, 3.63) is 24.3 Å². The molecular formula is C44H72O4S. The minimum atomic E-state index is 0.740. The quantitative estimate of drug-likeness (QED) is 0.0609. The Morgan fingerprint density at radius 2 is 0.633 bits per heavy atom. The Labute approximate surface area is 305 Å². The highest BCUT2D eigenvalue weighted by molar-refractivity contribution is 7.26. The summed E-state index contributed by atoms with van der Waals surface area (Å²) in [4.78, 5) is 0. The predicted octanol–water partition coefficient (Wildman–Crippen LogP) is 15.0. The van der Waals surface area contributed by atoms with Gasteiger partial charge in [-0.3, -0.25) is 0 Å². The highest BCUT2D eigenvalue weighted by Crippen LogP contribution is 2.47. The van der Waals surface area contributed by atoms with Crippen molar-refractivity contribution in [3.63, 3.8) is 0 Å². The summed E-state index contributed by atoms with van der Waals surface area (Å²) in [7, 11) is 0. The Bertz CT molecular complexity index is 1160. The number of fused-ring (bicyclic) bond motifs is 3. The van der Waals surface area contributed by atoms with Gasteiger partial charge in [-0.25, -0.2) is 0 Å². The molecule has 3 aromatic rings. The van der Waals surface area contributed by atoms with E-state index in [0.717, 1.165) is 75.1 Å². The molecule has 0 N–H and O–H groups in total. The molecule has 49 heavy (non-hydrogen) atoms. The van der Waals surface area contributed by atoms with Crippen LogP contribution in [-0.2, 0) is 0 Å². The van der Waals surface area contributed by atoms with E-state index < -0.39 is 0 Å². The molecular weight excluding hydrogens is 625 g/mol. The van der Waals surface area contributed by atoms with Crippen LogP contribution in [0, 0.1) is 0 Å². The van der Waals surface area contributed by atoms with Gasteiger partial charge in [0.1, 0.15) is 23.0 Å². The molecule has 0 aliphatic heterocycles. The summed E-state index contributed by atoms with van der Waals surface area (Å²) >= 11 is 1.80. The van der Waals surface area contributed by atoms with Crippen molar-refractivity contribution in [1.82, 2.24) is 0 Å². The van der Waals surface area contributed by atoms with Crippen LogP contribution in [0.5, 0.6) is 23.0 Å². The molecule has 0 aliphatic carbocycles. The van der Waals surface area contributed by atoms with Gasteiger partial charge >= 0.3 is 0 Å². The van der Waals surface area contributed by atoms with E-state index in [1.54, 1.807) is 11.3 Å². The molecule has 1 aromatic heterocycles. The van der Waals surface area contributed by atoms with Crippen LogP contribution in [0.1, 0.15) is 182 Å². The van der Waals surface area contributed by atoms with Crippen LogP contribution < -0.4 is 18.9 Å². The first kappa shape index (κ1) is 41.3. The van der Waals surface area contributed by atoms with Crippen LogP contribution in [0.4, 0.5) is 0 Å². The van der Waals surface area contributed by atoms with Crippen LogP contribution in [0.15, 0.2) is 24.3 Å². The van der Waals surface area contributed by atoms with Gasteiger partial charge < -0.3 is 18.9 Å². The zero-order valence-corrected chi connectivity index (χ0v) is 33.0. The number of rotatable bonds is 32. The molecule has 0 amide bonds. The van der Waals surface area contributed by atoms with Gasteiger partial charge in [0.25, 0.3) is 0 Å². The zero-order valence-electron chi connectivity index (χ0n) is 32.1. The minimum absolute atomic E-state index is 0.740. The average molecular weight is 697 g/mol. The van der Waals surface area contributed by atoms with Gasteiger partial charge in [0.2, 0.25) is 0 Å². The number of thiophene rings is 1. The zero-order chi connectivity index (χ0) is 34.8. The van der Waals surface area contributed by atoms with Crippen molar-refractivity contribution in [2.45, 2.75) is 182 Å². The molecule has 4 nitrogen and oxygen atoms in total. The Hall–Kier alpha value is -2.14. The van der Waals surface area contributed by atoms with Crippen LogP contribution in [-0.4, -0.2) is 26.4 Å². The smallest absolute Gasteiger partial charge is 0.140 e. The van der Waals surface area contributed by atoms with Crippen molar-refractivity contribution < 1.29 is 18.9 Å². The third kappa shape index (κ3) is 16.2. The SMILES string of the molecule is CCCCCCCCOc1cc(OCCCCCCCC)c2sc3c(OCCCCCCCC)cc(OCCCCCCCC)cc3c2c1. The summed E-state index contributed by atoms with van der Waals surface area (Å²) in [5.74, 6) is 3.71. The Balaban J connectivity index is 1.82. The van der Waals surface area contributed by atoms with E-state index in [0.29, 0.717) is 0 Å². The lowest BCUT2D eigenvalue weighted by Crippen LogP contribution is -2.01. The van der Waals surface area contributed by atoms with Gasteiger partial charge in [-0.2, -0.15) is 0 Å². The monoisotopic (exact) mass is 697 g/mol. The first-order valence-electron chi connectivity index (χ1n) is 20.8. The first-order valence-corrected chi connectivity index (χ1v) is 21.6. The lowest BCUT2D eigenvalue weighted by molar-refractivity contribution is 0.292. The normalized spacial score (nSPS) is 11.5. The van der Waals surface area contributed by atoms with Crippen LogP contribution in [0.2, 0.25) is 0 Å². The third-order valence-corrected chi connectivity index (χ3v) is 10.8. The van der Waals surface area contributed by atoms with Crippen molar-refractivity contribution in [2.75, 3.05) is 26.4 Å². The molecule has 5 heteroatoms. The number of benzene rings is 2. The van der Waals surface area contributed by atoms with Crippen molar-refractivity contribution in [2.24, 2.45) is 0 Å². The first-order chi connectivity index (χ1) is 24.2. The molecule has 0 spiro atoms. The molecule has 0 atom stereocenters. The van der Waals surface area contributed by atoms with Crippen LogP contribution in [0.3, 0.4) is 0 Å². The second kappa shape index (κ2) is 26.6. The summed E-state index contributed by atoms with van der Waals surface area (Å²) in [6.45, 7) is 12.1. The number of hydrogen-bond acceptors (Lipinski definition) is 5. The molecule has 278 valence electrons. The van der Waals surface area contributed by atoms with Gasteiger partial charge in [0, 0.05) is 22.9 Å². The van der Waals surface area contributed by atoms with Crippen LogP contribution >= 0.6 is 11.3 Å². The molecule has 0 unspecified atom stereocenters. The molecule has 0 saturated heterocycles. The molecule has 0 radical (unpaired) electrons. The van der Waals surface area contributed by atoms with Crippen LogP contribution in [0.25, 0.3) is 20.2 Å². The fourth-order valence-electron chi connectivity index (χ4n) is 6.52. The average Bonchev–Trinajstić information content (AvgIpc) is 3.49. The fourth-order valence-corrected chi connectivity index (χ4v) is 7.72. The lowest BCUT2D eigenvalue weighted by Gasteiger charge is -2.12. The summed E-state index contributed by atoms with van der Waals surface area (Å²) in [6.07, 6.45) is 30.2. The standard InChI is InChI=1S/C44H72O4S/c1-5-9-13-17-21-25-29-45-37-33-39-40-34-38(46-30-26-22-18-14-10-6-2)36-42(48-32-28-24-20-16-12-8-4)44(40)49-43(39)41(35-37)47-31-27-23-19-15-11-7-3/h33-36H,5-32H2,1-4H3. The van der Waals surface area contributed by atoms with E-state index in [1.165, 1.54) is 149 Å². The van der Waals surface area contributed by atoms with E-state index in [2.05, 4.69) is 52.0 Å². The largest absolute Gasteiger partial charge is 0.493 e. The Morgan fingerprint density at radius 1 is 0.347 bits per heavy atom. The number of ether oxygens (including phenoxy) is 4. The van der Waals surface area contributed by atoms with Crippen molar-refractivity contribution >= 4 is 31.5 Å². The van der Waals surface area contributed by atoms with E-state index in [4.69, 9.17) is 18.9 Å². The fraction of sp³-hybridized carbons (Fsp3) is 0.727. The third-order valence-electron chi connectivity index (χ3n) is 9.60. The minimum Gasteiger partial charge on any atom is -0.493 e. The molecule has 2 aromatic carbocycles. The highest BCUT2D eigenvalue weighted by Gasteiger charge is 2.18. The molecule has 0 aliphatic rings. The number of unbranched alkanes of at least 4 members (excludes halogenated alkanes) is 20. The summed E-state index contributed by atoms with van der Waals surface area (Å²) in [6, 6.07) is 8.74. The molecule has 0 fully saturated rings. The van der Waals surface area contributed by atoms with Gasteiger partial charge in [0.15, 0.2) is 0 Å². The van der Waals surface area contributed by atoms with Gasteiger partial charge in [-0.1, -0.05) is 156 Å². The summed E-state index contributed by atoms with van der Waals surface area (Å²) in [5, 5.41) is 2.38. The van der Waals surface area contributed by atoms with Crippen molar-refractivity contribution in [3.8, 4) is 23.0 Å². The second-order valence-electron chi connectivity index (χ2n) is 14.2. The maximum absolute atomic E-state index is 6.56. The van der Waals surface area contributed by atoms with Crippen molar-refractivity contribution in [1.29, 1.82) is 0 Å². The molecule has 3 rings (SSSR count). The summed E-state index contributed by atoms with van der Waals surface area (Å²) in [5.41, 5.74) is 0. The highest BCUT2D eigenvalue weighted by atomic mass is 32.1. The van der Waals surface area contributed by atoms with Gasteiger partial charge in [-0.05, 0) is 37.8 Å². The molecule has 0 saturated carbocycles. The van der Waals surface area contributed by atoms with E-state index in [-0.39, 0.29) is 0 Å².